The predicted molar refractivity (Wildman–Crippen MR) is 101 cm³/mol. The van der Waals surface area contributed by atoms with Crippen molar-refractivity contribution >= 4 is 23.2 Å². The molecule has 0 unspecified atom stereocenters. The van der Waals surface area contributed by atoms with Crippen molar-refractivity contribution < 1.29 is 24.0 Å². The summed E-state index contributed by atoms with van der Waals surface area (Å²) in [6.45, 7) is 1.72. The molecule has 2 rings (SSSR count). The summed E-state index contributed by atoms with van der Waals surface area (Å²) in [6.07, 6.45) is 0. The Bertz CT molecular complexity index is 900. The molecule has 2 aromatic carbocycles. The van der Waals surface area contributed by atoms with E-state index in [1.165, 1.54) is 32.4 Å². The van der Waals surface area contributed by atoms with Crippen LogP contribution in [0.3, 0.4) is 0 Å². The van der Waals surface area contributed by atoms with Crippen LogP contribution in [0.4, 0.5) is 11.4 Å². The van der Waals surface area contributed by atoms with Crippen LogP contribution in [0.15, 0.2) is 36.4 Å². The fourth-order valence-corrected chi connectivity index (χ4v) is 2.35. The van der Waals surface area contributed by atoms with E-state index >= 15 is 0 Å². The summed E-state index contributed by atoms with van der Waals surface area (Å²) in [4.78, 5) is 34.1. The predicted octanol–water partition coefficient (Wildman–Crippen LogP) is 1.79. The minimum Gasteiger partial charge on any atom is -0.493 e. The number of hydrogen-bond acceptors (Lipinski definition) is 7. The van der Waals surface area contributed by atoms with Crippen molar-refractivity contribution in [2.75, 3.05) is 26.1 Å². The van der Waals surface area contributed by atoms with Crippen molar-refractivity contribution in [1.29, 1.82) is 0 Å². The smallest absolute Gasteiger partial charge is 0.270 e. The first kappa shape index (κ1) is 20.5. The van der Waals surface area contributed by atoms with Crippen molar-refractivity contribution in [3.8, 4) is 11.5 Å². The van der Waals surface area contributed by atoms with E-state index in [0.29, 0.717) is 17.2 Å². The number of methoxy groups -OCH3 is 2. The molecule has 0 aliphatic rings. The average molecular weight is 388 g/mol. The van der Waals surface area contributed by atoms with E-state index < -0.39 is 16.7 Å². The monoisotopic (exact) mass is 388 g/mol. The number of aryl methyl sites for hydroxylation is 1. The Balaban J connectivity index is 1.92. The van der Waals surface area contributed by atoms with Crippen molar-refractivity contribution in [2.45, 2.75) is 6.92 Å². The van der Waals surface area contributed by atoms with Crippen molar-refractivity contribution in [2.24, 2.45) is 0 Å². The lowest BCUT2D eigenvalue weighted by Crippen LogP contribution is -2.44. The van der Waals surface area contributed by atoms with Gasteiger partial charge in [-0.25, -0.2) is 0 Å². The van der Waals surface area contributed by atoms with Gasteiger partial charge < -0.3 is 14.8 Å². The second-order valence-corrected chi connectivity index (χ2v) is 5.69. The van der Waals surface area contributed by atoms with Gasteiger partial charge in [-0.05, 0) is 24.6 Å². The lowest BCUT2D eigenvalue weighted by molar-refractivity contribution is -0.384. The minimum atomic E-state index is -0.667. The molecule has 10 nitrogen and oxygen atoms in total. The number of hydrogen-bond donors (Lipinski definition) is 3. The molecule has 2 amide bonds. The molecular weight excluding hydrogens is 368 g/mol. The highest BCUT2D eigenvalue weighted by molar-refractivity contribution is 5.96. The SMILES string of the molecule is COc1cc(C)c(NCC(=O)NNC(=O)c2cccc([N+](=O)[O-])c2)cc1OC. The Morgan fingerprint density at radius 3 is 2.39 bits per heavy atom. The fraction of sp³-hybridized carbons (Fsp3) is 0.222. The van der Waals surface area contributed by atoms with Crippen LogP contribution < -0.4 is 25.6 Å². The fourth-order valence-electron chi connectivity index (χ4n) is 2.35. The number of ether oxygens (including phenoxy) is 2. The third-order valence-corrected chi connectivity index (χ3v) is 3.80. The molecule has 3 N–H and O–H groups in total. The van der Waals surface area contributed by atoms with Crippen LogP contribution in [0.5, 0.6) is 11.5 Å². The van der Waals surface area contributed by atoms with Gasteiger partial charge >= 0.3 is 0 Å². The molecule has 0 radical (unpaired) electrons. The first-order valence-corrected chi connectivity index (χ1v) is 8.15. The number of carbonyl (C=O) groups is 2. The van der Waals surface area contributed by atoms with Gasteiger partial charge in [0.25, 0.3) is 17.5 Å². The van der Waals surface area contributed by atoms with Crippen LogP contribution in [-0.2, 0) is 4.79 Å². The zero-order valence-electron chi connectivity index (χ0n) is 15.6. The Morgan fingerprint density at radius 1 is 1.07 bits per heavy atom. The van der Waals surface area contributed by atoms with E-state index in [0.717, 1.165) is 11.6 Å². The molecule has 0 aromatic heterocycles. The number of rotatable bonds is 7. The average Bonchev–Trinajstić information content (AvgIpc) is 2.70. The van der Waals surface area contributed by atoms with E-state index in [1.54, 1.807) is 12.1 Å². The largest absolute Gasteiger partial charge is 0.493 e. The van der Waals surface area contributed by atoms with Crippen molar-refractivity contribution in [3.63, 3.8) is 0 Å². The van der Waals surface area contributed by atoms with Gasteiger partial charge in [0, 0.05) is 29.4 Å². The second kappa shape index (κ2) is 9.21. The lowest BCUT2D eigenvalue weighted by atomic mass is 10.1. The number of nitro groups is 1. The first-order chi connectivity index (χ1) is 13.3. The van der Waals surface area contributed by atoms with Crippen LogP contribution in [0.1, 0.15) is 15.9 Å². The molecule has 10 heteroatoms. The Morgan fingerprint density at radius 2 is 1.75 bits per heavy atom. The minimum absolute atomic E-state index is 0.0539. The molecular formula is C18H20N4O6. The number of carbonyl (C=O) groups excluding carboxylic acids is 2. The quantitative estimate of drug-likeness (QED) is 0.487. The molecule has 0 saturated heterocycles. The van der Waals surface area contributed by atoms with Gasteiger partial charge in [0.05, 0.1) is 25.7 Å². The highest BCUT2D eigenvalue weighted by atomic mass is 16.6. The number of nitrogens with zero attached hydrogens (tertiary/aromatic N) is 1. The van der Waals surface area contributed by atoms with Crippen molar-refractivity contribution in [1.82, 2.24) is 10.9 Å². The van der Waals surface area contributed by atoms with Gasteiger partial charge in [0.1, 0.15) is 0 Å². The lowest BCUT2D eigenvalue weighted by Gasteiger charge is -2.14. The third kappa shape index (κ3) is 5.10. The molecule has 0 fully saturated rings. The molecule has 0 aliphatic heterocycles. The third-order valence-electron chi connectivity index (χ3n) is 3.80. The number of anilines is 1. The van der Waals surface area contributed by atoms with Gasteiger partial charge in [-0.1, -0.05) is 6.07 Å². The first-order valence-electron chi connectivity index (χ1n) is 8.15. The van der Waals surface area contributed by atoms with Gasteiger partial charge in [-0.2, -0.15) is 0 Å². The molecule has 148 valence electrons. The second-order valence-electron chi connectivity index (χ2n) is 5.69. The van der Waals surface area contributed by atoms with Crippen LogP contribution in [-0.4, -0.2) is 37.5 Å². The number of nitrogens with one attached hydrogen (secondary N) is 3. The number of benzene rings is 2. The summed E-state index contributed by atoms with van der Waals surface area (Å²) >= 11 is 0. The molecule has 0 atom stereocenters. The maximum Gasteiger partial charge on any atom is 0.270 e. The van der Waals surface area contributed by atoms with Gasteiger partial charge in [0.15, 0.2) is 11.5 Å². The molecule has 28 heavy (non-hydrogen) atoms. The summed E-state index contributed by atoms with van der Waals surface area (Å²) in [6, 6.07) is 8.64. The van der Waals surface area contributed by atoms with E-state index in [1.807, 2.05) is 6.92 Å². The number of hydrazine groups is 1. The topological polar surface area (TPSA) is 132 Å². The molecule has 0 aliphatic carbocycles. The van der Waals surface area contributed by atoms with Crippen LogP contribution in [0.2, 0.25) is 0 Å². The Kier molecular flexibility index (Phi) is 6.74. The maximum absolute atomic E-state index is 12.0. The van der Waals surface area contributed by atoms with Gasteiger partial charge in [-0.15, -0.1) is 0 Å². The standard InChI is InChI=1S/C18H20N4O6/c1-11-7-15(27-2)16(28-3)9-14(11)19-10-17(23)20-21-18(24)12-5-4-6-13(8-12)22(25)26/h4-9,19H,10H2,1-3H3,(H,20,23)(H,21,24). The Hall–Kier alpha value is -3.82. The van der Waals surface area contributed by atoms with E-state index in [4.69, 9.17) is 9.47 Å². The van der Waals surface area contributed by atoms with E-state index in [9.17, 15) is 19.7 Å². The molecule has 0 saturated carbocycles. The molecule has 0 bridgehead atoms. The summed E-state index contributed by atoms with van der Waals surface area (Å²) in [5, 5.41) is 13.7. The normalized spacial score (nSPS) is 9.96. The number of amides is 2. The summed E-state index contributed by atoms with van der Waals surface area (Å²) in [5.41, 5.74) is 5.79. The molecule has 2 aromatic rings. The van der Waals surface area contributed by atoms with Gasteiger partial charge in [0.2, 0.25) is 0 Å². The molecule has 0 spiro atoms. The van der Waals surface area contributed by atoms with Crippen LogP contribution in [0, 0.1) is 17.0 Å². The zero-order valence-corrected chi connectivity index (χ0v) is 15.6. The summed E-state index contributed by atoms with van der Waals surface area (Å²) < 4.78 is 10.4. The highest BCUT2D eigenvalue weighted by Crippen LogP contribution is 2.32. The Labute approximate surface area is 161 Å². The van der Waals surface area contributed by atoms with Crippen molar-refractivity contribution in [3.05, 3.63) is 57.6 Å². The van der Waals surface area contributed by atoms with E-state index in [2.05, 4.69) is 16.2 Å². The summed E-state index contributed by atoms with van der Waals surface area (Å²) in [5.74, 6) is -0.0958. The van der Waals surface area contributed by atoms with Gasteiger partial charge in [-0.3, -0.25) is 30.6 Å². The summed E-state index contributed by atoms with van der Waals surface area (Å²) in [7, 11) is 3.04. The molecule has 0 heterocycles. The highest BCUT2D eigenvalue weighted by Gasteiger charge is 2.13. The number of non-ortho nitro benzene ring substituents is 1. The number of nitro benzene ring substituents is 1. The zero-order chi connectivity index (χ0) is 20.7. The van der Waals surface area contributed by atoms with E-state index in [-0.39, 0.29) is 17.8 Å². The maximum atomic E-state index is 12.0. The van der Waals surface area contributed by atoms with Crippen LogP contribution >= 0.6 is 0 Å². The van der Waals surface area contributed by atoms with Crippen LogP contribution in [0.25, 0.3) is 0 Å².